The van der Waals surface area contributed by atoms with Crippen molar-refractivity contribution in [2.45, 2.75) is 19.2 Å². The highest BCUT2D eigenvalue weighted by Gasteiger charge is 2.11. The lowest BCUT2D eigenvalue weighted by atomic mass is 10.2. The average molecular weight is 326 g/mol. The molecule has 0 aliphatic rings. The molecule has 3 rings (SSSR count). The Kier molecular flexibility index (Phi) is 4.41. The Morgan fingerprint density at radius 1 is 1.00 bits per heavy atom. The van der Waals surface area contributed by atoms with Crippen LogP contribution in [0.5, 0.6) is 0 Å². The zero-order chi connectivity index (χ0) is 16.3. The fourth-order valence-electron chi connectivity index (χ4n) is 2.48. The SMILES string of the molecule is Cc1cccc(CS(=O)(=O)NCc2cnc3ccccc3c2)c1. The van der Waals surface area contributed by atoms with Crippen LogP contribution >= 0.6 is 0 Å². The van der Waals surface area contributed by atoms with E-state index in [2.05, 4.69) is 9.71 Å². The van der Waals surface area contributed by atoms with Gasteiger partial charge in [0.2, 0.25) is 10.0 Å². The number of aryl methyl sites for hydroxylation is 1. The van der Waals surface area contributed by atoms with Crippen LogP contribution in [0, 0.1) is 6.92 Å². The van der Waals surface area contributed by atoms with Crippen molar-refractivity contribution in [1.29, 1.82) is 0 Å². The van der Waals surface area contributed by atoms with E-state index in [4.69, 9.17) is 0 Å². The van der Waals surface area contributed by atoms with Gasteiger partial charge in [0, 0.05) is 18.1 Å². The first kappa shape index (κ1) is 15.6. The summed E-state index contributed by atoms with van der Waals surface area (Å²) in [5, 5.41) is 1.00. The van der Waals surface area contributed by atoms with Crippen LogP contribution in [0.2, 0.25) is 0 Å². The molecular weight excluding hydrogens is 308 g/mol. The van der Waals surface area contributed by atoms with E-state index in [9.17, 15) is 8.42 Å². The maximum absolute atomic E-state index is 12.2. The van der Waals surface area contributed by atoms with Crippen molar-refractivity contribution in [3.05, 3.63) is 77.5 Å². The molecule has 0 amide bonds. The van der Waals surface area contributed by atoms with Crippen molar-refractivity contribution < 1.29 is 8.42 Å². The highest BCUT2D eigenvalue weighted by atomic mass is 32.2. The lowest BCUT2D eigenvalue weighted by molar-refractivity contribution is 0.580. The van der Waals surface area contributed by atoms with Gasteiger partial charge in [-0.1, -0.05) is 48.0 Å². The minimum atomic E-state index is -3.38. The molecular formula is C18H18N2O2S. The minimum absolute atomic E-state index is 0.0182. The van der Waals surface area contributed by atoms with E-state index in [0.717, 1.165) is 27.6 Å². The van der Waals surface area contributed by atoms with Crippen LogP contribution in [0.4, 0.5) is 0 Å². The smallest absolute Gasteiger partial charge is 0.216 e. The summed E-state index contributed by atoms with van der Waals surface area (Å²) < 4.78 is 27.1. The molecule has 23 heavy (non-hydrogen) atoms. The van der Waals surface area contributed by atoms with Gasteiger partial charge in [0.25, 0.3) is 0 Å². The third kappa shape index (κ3) is 4.15. The molecule has 1 heterocycles. The number of hydrogen-bond acceptors (Lipinski definition) is 3. The normalized spacial score (nSPS) is 11.7. The molecule has 0 saturated carbocycles. The molecule has 3 aromatic rings. The standard InChI is InChI=1S/C18H18N2O2S/c1-14-5-4-6-15(9-14)13-23(21,22)20-12-16-10-17-7-2-3-8-18(17)19-11-16/h2-11,20H,12-13H2,1H3. The van der Waals surface area contributed by atoms with Crippen molar-refractivity contribution in [3.8, 4) is 0 Å². The Hall–Kier alpha value is -2.24. The van der Waals surface area contributed by atoms with Crippen LogP contribution in [0.25, 0.3) is 10.9 Å². The van der Waals surface area contributed by atoms with Crippen LogP contribution in [0.1, 0.15) is 16.7 Å². The van der Waals surface area contributed by atoms with Crippen LogP contribution < -0.4 is 4.72 Å². The first-order chi connectivity index (χ1) is 11.0. The number of benzene rings is 2. The second-order valence-corrected chi connectivity index (χ2v) is 7.41. The zero-order valence-corrected chi connectivity index (χ0v) is 13.7. The maximum Gasteiger partial charge on any atom is 0.216 e. The van der Waals surface area contributed by atoms with Gasteiger partial charge in [0.15, 0.2) is 0 Å². The van der Waals surface area contributed by atoms with Crippen molar-refractivity contribution in [1.82, 2.24) is 9.71 Å². The fourth-order valence-corrected chi connectivity index (χ4v) is 3.59. The third-order valence-corrected chi connectivity index (χ3v) is 4.88. The summed E-state index contributed by atoms with van der Waals surface area (Å²) in [7, 11) is -3.38. The molecule has 0 spiro atoms. The van der Waals surface area contributed by atoms with Crippen molar-refractivity contribution in [2.75, 3.05) is 0 Å². The molecule has 2 aromatic carbocycles. The number of fused-ring (bicyclic) bond motifs is 1. The van der Waals surface area contributed by atoms with Gasteiger partial charge in [-0.2, -0.15) is 0 Å². The largest absolute Gasteiger partial charge is 0.256 e. The second kappa shape index (κ2) is 6.48. The lowest BCUT2D eigenvalue weighted by Crippen LogP contribution is -2.24. The Balaban J connectivity index is 1.70. The van der Waals surface area contributed by atoms with Gasteiger partial charge in [-0.05, 0) is 30.2 Å². The van der Waals surface area contributed by atoms with Crippen LogP contribution in [-0.2, 0) is 22.3 Å². The molecule has 1 aromatic heterocycles. The van der Waals surface area contributed by atoms with Crippen LogP contribution in [0.3, 0.4) is 0 Å². The molecule has 0 aliphatic carbocycles. The molecule has 0 bridgehead atoms. The maximum atomic E-state index is 12.2. The van der Waals surface area contributed by atoms with Gasteiger partial charge in [0.05, 0.1) is 11.3 Å². The Labute approximate surface area is 136 Å². The van der Waals surface area contributed by atoms with Crippen LogP contribution in [0.15, 0.2) is 60.8 Å². The molecule has 0 fully saturated rings. The second-order valence-electron chi connectivity index (χ2n) is 5.61. The molecule has 0 unspecified atom stereocenters. The molecule has 4 nitrogen and oxygen atoms in total. The van der Waals surface area contributed by atoms with Gasteiger partial charge in [-0.25, -0.2) is 13.1 Å². The molecule has 0 aliphatic heterocycles. The van der Waals surface area contributed by atoms with Crippen molar-refractivity contribution in [2.24, 2.45) is 0 Å². The van der Waals surface area contributed by atoms with E-state index >= 15 is 0 Å². The quantitative estimate of drug-likeness (QED) is 0.783. The molecule has 0 saturated heterocycles. The number of sulfonamides is 1. The Morgan fingerprint density at radius 2 is 1.83 bits per heavy atom. The van der Waals surface area contributed by atoms with E-state index in [-0.39, 0.29) is 12.3 Å². The average Bonchev–Trinajstić information content (AvgIpc) is 2.52. The number of nitrogens with one attached hydrogen (secondary N) is 1. The summed E-state index contributed by atoms with van der Waals surface area (Å²) in [6, 6.07) is 17.2. The molecule has 118 valence electrons. The molecule has 1 N–H and O–H groups in total. The lowest BCUT2D eigenvalue weighted by Gasteiger charge is -2.08. The topological polar surface area (TPSA) is 59.1 Å². The van der Waals surface area contributed by atoms with E-state index in [1.54, 1.807) is 6.20 Å². The van der Waals surface area contributed by atoms with E-state index in [1.807, 2.05) is 61.5 Å². The molecule has 0 atom stereocenters. The summed E-state index contributed by atoms with van der Waals surface area (Å²) in [5.41, 5.74) is 3.58. The highest BCUT2D eigenvalue weighted by molar-refractivity contribution is 7.88. The van der Waals surface area contributed by atoms with Crippen LogP contribution in [-0.4, -0.2) is 13.4 Å². The molecule has 0 radical (unpaired) electrons. The summed E-state index contributed by atoms with van der Waals surface area (Å²) in [4.78, 5) is 4.34. The monoisotopic (exact) mass is 326 g/mol. The number of pyridine rings is 1. The number of para-hydroxylation sites is 1. The summed E-state index contributed by atoms with van der Waals surface area (Å²) in [6.45, 7) is 2.19. The zero-order valence-electron chi connectivity index (χ0n) is 12.9. The van der Waals surface area contributed by atoms with Crippen molar-refractivity contribution in [3.63, 3.8) is 0 Å². The van der Waals surface area contributed by atoms with Gasteiger partial charge in [-0.3, -0.25) is 4.98 Å². The van der Waals surface area contributed by atoms with Gasteiger partial charge in [0.1, 0.15) is 0 Å². The van der Waals surface area contributed by atoms with Gasteiger partial charge in [-0.15, -0.1) is 0 Å². The van der Waals surface area contributed by atoms with E-state index in [0.29, 0.717) is 0 Å². The van der Waals surface area contributed by atoms with E-state index in [1.165, 1.54) is 0 Å². The number of rotatable bonds is 5. The summed E-state index contributed by atoms with van der Waals surface area (Å²) >= 11 is 0. The molecule has 5 heteroatoms. The van der Waals surface area contributed by atoms with Gasteiger partial charge >= 0.3 is 0 Å². The Bertz CT molecular complexity index is 936. The number of aromatic nitrogens is 1. The fraction of sp³-hybridized carbons (Fsp3) is 0.167. The summed E-state index contributed by atoms with van der Waals surface area (Å²) in [5.74, 6) is -0.0182. The Morgan fingerprint density at radius 3 is 2.65 bits per heavy atom. The first-order valence-electron chi connectivity index (χ1n) is 7.38. The minimum Gasteiger partial charge on any atom is -0.256 e. The number of nitrogens with zero attached hydrogens (tertiary/aromatic N) is 1. The van der Waals surface area contributed by atoms with Crippen molar-refractivity contribution >= 4 is 20.9 Å². The number of hydrogen-bond donors (Lipinski definition) is 1. The first-order valence-corrected chi connectivity index (χ1v) is 9.04. The summed E-state index contributed by atoms with van der Waals surface area (Å²) in [6.07, 6.45) is 1.71. The predicted molar refractivity (Wildman–Crippen MR) is 92.4 cm³/mol. The third-order valence-electron chi connectivity index (χ3n) is 3.58. The van der Waals surface area contributed by atoms with Gasteiger partial charge < -0.3 is 0 Å². The highest BCUT2D eigenvalue weighted by Crippen LogP contribution is 2.13. The predicted octanol–water partition coefficient (Wildman–Crippen LogP) is 3.16. The van der Waals surface area contributed by atoms with E-state index < -0.39 is 10.0 Å².